The summed E-state index contributed by atoms with van der Waals surface area (Å²) in [5.41, 5.74) is 0.892. The first-order valence-electron chi connectivity index (χ1n) is 11.0. The van der Waals surface area contributed by atoms with Crippen LogP contribution in [0.3, 0.4) is 0 Å². The molecule has 1 amide bonds. The lowest BCUT2D eigenvalue weighted by Crippen LogP contribution is -2.41. The largest absolute Gasteiger partial charge is 0.492 e. The van der Waals surface area contributed by atoms with Crippen molar-refractivity contribution < 1.29 is 19.0 Å². The zero-order chi connectivity index (χ0) is 21.9. The van der Waals surface area contributed by atoms with Crippen LogP contribution in [0.1, 0.15) is 24.8 Å². The molecule has 0 aliphatic carbocycles. The summed E-state index contributed by atoms with van der Waals surface area (Å²) in [5, 5.41) is 2.94. The maximum Gasteiger partial charge on any atom is 0.234 e. The Hall–Kier alpha value is -2.57. The van der Waals surface area contributed by atoms with Gasteiger partial charge in [-0.05, 0) is 57.0 Å². The molecule has 1 saturated heterocycles. The number of amides is 1. The molecule has 0 saturated carbocycles. The van der Waals surface area contributed by atoms with Crippen LogP contribution in [-0.2, 0) is 9.53 Å². The number of carbonyl (C=O) groups is 1. The molecule has 1 fully saturated rings. The molecule has 0 aromatic heterocycles. The summed E-state index contributed by atoms with van der Waals surface area (Å²) in [6.45, 7) is 5.61. The number of carbonyl (C=O) groups excluding carboxylic acids is 1. The molecule has 1 atom stereocenters. The van der Waals surface area contributed by atoms with Gasteiger partial charge in [0, 0.05) is 13.7 Å². The number of ether oxygens (including phenoxy) is 3. The summed E-state index contributed by atoms with van der Waals surface area (Å²) in [6, 6.07) is 17.7. The zero-order valence-electron chi connectivity index (χ0n) is 18.6. The Kier molecular flexibility index (Phi) is 8.74. The normalized spacial score (nSPS) is 19.4. The molecule has 0 spiro atoms. The molecule has 2 aromatic carbocycles. The molecule has 3 rings (SSSR count). The molecule has 6 heteroatoms. The standard InChI is InChI=1S/C25H34N2O4/c1-21-9-11-23(12-10-21)31-20-25(29-2)13-6-16-27(17-14-25)19-24(28)26-15-18-30-22-7-4-3-5-8-22/h3-5,7-12H,6,13-20H2,1-2H3,(H,26,28)/t25-/m0/s1. The van der Waals surface area contributed by atoms with E-state index in [1.54, 1.807) is 7.11 Å². The van der Waals surface area contributed by atoms with Gasteiger partial charge in [0.2, 0.25) is 5.91 Å². The van der Waals surface area contributed by atoms with E-state index in [2.05, 4.69) is 17.1 Å². The predicted molar refractivity (Wildman–Crippen MR) is 122 cm³/mol. The summed E-state index contributed by atoms with van der Waals surface area (Å²) in [7, 11) is 1.76. The summed E-state index contributed by atoms with van der Waals surface area (Å²) in [4.78, 5) is 14.5. The fraction of sp³-hybridized carbons (Fsp3) is 0.480. The van der Waals surface area contributed by atoms with Gasteiger partial charge in [-0.3, -0.25) is 9.69 Å². The van der Waals surface area contributed by atoms with Gasteiger partial charge in [-0.15, -0.1) is 0 Å². The minimum Gasteiger partial charge on any atom is -0.492 e. The molecule has 1 N–H and O–H groups in total. The van der Waals surface area contributed by atoms with E-state index >= 15 is 0 Å². The number of hydrogen-bond donors (Lipinski definition) is 1. The van der Waals surface area contributed by atoms with Crippen molar-refractivity contribution in [2.24, 2.45) is 0 Å². The number of hydrogen-bond acceptors (Lipinski definition) is 5. The Morgan fingerprint density at radius 1 is 1.00 bits per heavy atom. The van der Waals surface area contributed by atoms with E-state index in [9.17, 15) is 4.79 Å². The number of methoxy groups -OCH3 is 1. The van der Waals surface area contributed by atoms with Gasteiger partial charge >= 0.3 is 0 Å². The highest BCUT2D eigenvalue weighted by atomic mass is 16.5. The maximum atomic E-state index is 12.3. The van der Waals surface area contributed by atoms with Gasteiger partial charge < -0.3 is 19.5 Å². The third-order valence-electron chi connectivity index (χ3n) is 5.75. The smallest absolute Gasteiger partial charge is 0.234 e. The number of nitrogens with zero attached hydrogens (tertiary/aromatic N) is 1. The van der Waals surface area contributed by atoms with Crippen LogP contribution >= 0.6 is 0 Å². The van der Waals surface area contributed by atoms with Crippen LogP contribution in [0.15, 0.2) is 54.6 Å². The van der Waals surface area contributed by atoms with E-state index in [1.165, 1.54) is 5.56 Å². The van der Waals surface area contributed by atoms with Crippen molar-refractivity contribution in [3.63, 3.8) is 0 Å². The van der Waals surface area contributed by atoms with Crippen molar-refractivity contribution in [1.82, 2.24) is 10.2 Å². The molecular weight excluding hydrogens is 392 g/mol. The van der Waals surface area contributed by atoms with Crippen molar-refractivity contribution in [1.29, 1.82) is 0 Å². The molecule has 6 nitrogen and oxygen atoms in total. The van der Waals surface area contributed by atoms with Crippen molar-refractivity contribution in [2.45, 2.75) is 31.8 Å². The summed E-state index contributed by atoms with van der Waals surface area (Å²) >= 11 is 0. The molecule has 0 unspecified atom stereocenters. The van der Waals surface area contributed by atoms with Crippen LogP contribution in [0, 0.1) is 6.92 Å². The average Bonchev–Trinajstić information content (AvgIpc) is 3.00. The maximum absolute atomic E-state index is 12.3. The molecule has 1 aliphatic rings. The molecule has 1 aliphatic heterocycles. The van der Waals surface area contributed by atoms with Crippen molar-refractivity contribution in [3.05, 3.63) is 60.2 Å². The van der Waals surface area contributed by atoms with Crippen LogP contribution in [0.25, 0.3) is 0 Å². The first-order valence-corrected chi connectivity index (χ1v) is 11.0. The van der Waals surface area contributed by atoms with Crippen molar-refractivity contribution in [2.75, 3.05) is 46.5 Å². The highest BCUT2D eigenvalue weighted by Gasteiger charge is 2.34. The van der Waals surface area contributed by atoms with E-state index in [1.807, 2.05) is 54.6 Å². The predicted octanol–water partition coefficient (Wildman–Crippen LogP) is 3.44. The van der Waals surface area contributed by atoms with Crippen LogP contribution < -0.4 is 14.8 Å². The van der Waals surface area contributed by atoms with Crippen LogP contribution in [0.5, 0.6) is 11.5 Å². The molecule has 2 aromatic rings. The summed E-state index contributed by atoms with van der Waals surface area (Å²) in [5.74, 6) is 1.70. The molecule has 1 heterocycles. The first kappa shape index (κ1) is 23.1. The van der Waals surface area contributed by atoms with Crippen LogP contribution in [0.2, 0.25) is 0 Å². The number of aryl methyl sites for hydroxylation is 1. The average molecular weight is 427 g/mol. The minimum absolute atomic E-state index is 0.0254. The van der Waals surface area contributed by atoms with Gasteiger partial charge in [0.15, 0.2) is 0 Å². The molecule has 31 heavy (non-hydrogen) atoms. The van der Waals surface area contributed by atoms with Gasteiger partial charge in [-0.2, -0.15) is 0 Å². The quantitative estimate of drug-likeness (QED) is 0.590. The Labute approximate surface area is 185 Å². The minimum atomic E-state index is -0.320. The van der Waals surface area contributed by atoms with Crippen molar-refractivity contribution in [3.8, 4) is 11.5 Å². The number of likely N-dealkylation sites (tertiary alicyclic amines) is 1. The van der Waals surface area contributed by atoms with Gasteiger partial charge in [0.05, 0.1) is 13.1 Å². The van der Waals surface area contributed by atoms with E-state index in [0.29, 0.717) is 26.3 Å². The monoisotopic (exact) mass is 426 g/mol. The molecule has 0 bridgehead atoms. The lowest BCUT2D eigenvalue weighted by Gasteiger charge is -2.31. The lowest BCUT2D eigenvalue weighted by atomic mass is 9.95. The zero-order valence-corrected chi connectivity index (χ0v) is 18.6. The molecule has 0 radical (unpaired) electrons. The van der Waals surface area contributed by atoms with E-state index in [0.717, 1.165) is 43.9 Å². The summed E-state index contributed by atoms with van der Waals surface area (Å²) < 4.78 is 17.6. The SMILES string of the molecule is CO[C@@]1(COc2ccc(C)cc2)CCCN(CC(=O)NCCOc2ccccc2)CC1. The highest BCUT2D eigenvalue weighted by molar-refractivity contribution is 5.78. The number of benzene rings is 2. The van der Waals surface area contributed by atoms with Gasteiger partial charge in [0.25, 0.3) is 0 Å². The Morgan fingerprint density at radius 2 is 1.74 bits per heavy atom. The second kappa shape index (κ2) is 11.7. The van der Waals surface area contributed by atoms with Gasteiger partial charge in [0.1, 0.15) is 30.3 Å². The lowest BCUT2D eigenvalue weighted by molar-refractivity contribution is -0.122. The Morgan fingerprint density at radius 3 is 2.48 bits per heavy atom. The fourth-order valence-corrected chi connectivity index (χ4v) is 3.77. The second-order valence-corrected chi connectivity index (χ2v) is 8.13. The topological polar surface area (TPSA) is 60.0 Å². The number of rotatable bonds is 10. The Bertz CT molecular complexity index is 797. The number of nitrogens with one attached hydrogen (secondary N) is 1. The van der Waals surface area contributed by atoms with Crippen molar-refractivity contribution >= 4 is 5.91 Å². The van der Waals surface area contributed by atoms with E-state index in [4.69, 9.17) is 14.2 Å². The Balaban J connectivity index is 1.39. The van der Waals surface area contributed by atoms with Crippen LogP contribution in [-0.4, -0.2) is 62.9 Å². The van der Waals surface area contributed by atoms with Gasteiger partial charge in [-0.1, -0.05) is 35.9 Å². The highest BCUT2D eigenvalue weighted by Crippen LogP contribution is 2.27. The molecule has 168 valence electrons. The van der Waals surface area contributed by atoms with Gasteiger partial charge in [-0.25, -0.2) is 0 Å². The van der Waals surface area contributed by atoms with E-state index < -0.39 is 0 Å². The third kappa shape index (κ3) is 7.56. The number of para-hydroxylation sites is 1. The van der Waals surface area contributed by atoms with Crippen LogP contribution in [0.4, 0.5) is 0 Å². The van der Waals surface area contributed by atoms with E-state index in [-0.39, 0.29) is 11.5 Å². The fourth-order valence-electron chi connectivity index (χ4n) is 3.77. The first-order chi connectivity index (χ1) is 15.1. The summed E-state index contributed by atoms with van der Waals surface area (Å²) in [6.07, 6.45) is 2.72. The molecular formula is C25H34N2O4. The second-order valence-electron chi connectivity index (χ2n) is 8.13. The third-order valence-corrected chi connectivity index (χ3v) is 5.75.